The number of methoxy groups -OCH3 is 1. The van der Waals surface area contributed by atoms with Crippen LogP contribution in [0.2, 0.25) is 0 Å². The minimum Gasteiger partial charge on any atom is -0.497 e. The number of aromatic nitrogens is 1. The highest BCUT2D eigenvalue weighted by Crippen LogP contribution is 2.32. The van der Waals surface area contributed by atoms with Crippen LogP contribution in [0, 0.1) is 11.8 Å². The quantitative estimate of drug-likeness (QED) is 0.711. The number of aliphatic hydroxyl groups excluding tert-OH is 1. The molecule has 2 aromatic rings. The zero-order valence-corrected chi connectivity index (χ0v) is 16.7. The topological polar surface area (TPSA) is 54.4 Å². The van der Waals surface area contributed by atoms with Gasteiger partial charge in [0.05, 0.1) is 18.7 Å². The lowest BCUT2D eigenvalue weighted by molar-refractivity contribution is 0.147. The summed E-state index contributed by atoms with van der Waals surface area (Å²) in [5.41, 5.74) is 1.82. The molecule has 0 saturated carbocycles. The molecule has 1 aliphatic rings. The van der Waals surface area contributed by atoms with E-state index < -0.39 is 6.10 Å². The first-order valence-electron chi connectivity index (χ1n) is 8.67. The third kappa shape index (κ3) is 5.10. The average Bonchev–Trinajstić information content (AvgIpc) is 2.65. The van der Waals surface area contributed by atoms with Crippen LogP contribution in [0.3, 0.4) is 0 Å². The van der Waals surface area contributed by atoms with Crippen molar-refractivity contribution in [1.29, 1.82) is 0 Å². The molecule has 1 saturated heterocycles. The molecule has 0 aliphatic carbocycles. The molecule has 1 aliphatic heterocycles. The molecule has 1 aromatic heterocycles. The van der Waals surface area contributed by atoms with Gasteiger partial charge in [-0.2, -0.15) is 0 Å². The lowest BCUT2D eigenvalue weighted by atomic mass is 9.82. The minimum atomic E-state index is -0.483. The van der Waals surface area contributed by atoms with E-state index in [1.54, 1.807) is 13.3 Å². The summed E-state index contributed by atoms with van der Waals surface area (Å²) < 4.78 is 5.31. The van der Waals surface area contributed by atoms with E-state index in [1.165, 1.54) is 0 Å². The second kappa shape index (κ2) is 10.7. The summed E-state index contributed by atoms with van der Waals surface area (Å²) in [6, 6.07) is 7.71. The van der Waals surface area contributed by atoms with Gasteiger partial charge in [0, 0.05) is 18.1 Å². The summed E-state index contributed by atoms with van der Waals surface area (Å²) in [5.74, 6) is 1.88. The molecule has 2 N–H and O–H groups in total. The van der Waals surface area contributed by atoms with Crippen molar-refractivity contribution in [1.82, 2.24) is 10.3 Å². The number of nitrogens with one attached hydrogen (secondary N) is 1. The minimum absolute atomic E-state index is 0. The van der Waals surface area contributed by atoms with Gasteiger partial charge >= 0.3 is 0 Å². The third-order valence-electron chi connectivity index (χ3n) is 5.13. The molecule has 1 aromatic carbocycles. The van der Waals surface area contributed by atoms with Crippen molar-refractivity contribution in [2.45, 2.75) is 25.4 Å². The molecule has 1 fully saturated rings. The van der Waals surface area contributed by atoms with Crippen LogP contribution in [0.1, 0.15) is 30.9 Å². The van der Waals surface area contributed by atoms with Crippen LogP contribution in [-0.4, -0.2) is 30.3 Å². The molecule has 3 rings (SSSR count). The molecular weight excluding hydrogens is 371 g/mol. The summed E-state index contributed by atoms with van der Waals surface area (Å²) in [7, 11) is 1.65. The maximum atomic E-state index is 10.8. The molecule has 144 valence electrons. The highest BCUT2D eigenvalue weighted by molar-refractivity contribution is 5.85. The molecule has 0 radical (unpaired) electrons. The zero-order chi connectivity index (χ0) is 16.9. The third-order valence-corrected chi connectivity index (χ3v) is 5.13. The van der Waals surface area contributed by atoms with E-state index in [0.717, 1.165) is 54.6 Å². The Morgan fingerprint density at radius 3 is 2.92 bits per heavy atom. The van der Waals surface area contributed by atoms with Crippen LogP contribution < -0.4 is 10.1 Å². The predicted octanol–water partition coefficient (Wildman–Crippen LogP) is 4.31. The van der Waals surface area contributed by atoms with Crippen molar-refractivity contribution in [3.05, 3.63) is 48.7 Å². The van der Waals surface area contributed by atoms with Crippen LogP contribution in [-0.2, 0) is 0 Å². The molecule has 0 spiro atoms. The maximum absolute atomic E-state index is 10.8. The Hall–Kier alpha value is -1.33. The molecule has 4 nitrogen and oxygen atoms in total. The van der Waals surface area contributed by atoms with E-state index in [2.05, 4.69) is 23.0 Å². The van der Waals surface area contributed by atoms with E-state index >= 15 is 0 Å². The van der Waals surface area contributed by atoms with Gasteiger partial charge in [-0.25, -0.2) is 0 Å². The van der Waals surface area contributed by atoms with Crippen molar-refractivity contribution in [2.75, 3.05) is 20.2 Å². The van der Waals surface area contributed by atoms with Crippen LogP contribution in [0.4, 0.5) is 0 Å². The van der Waals surface area contributed by atoms with E-state index in [0.29, 0.717) is 11.8 Å². The van der Waals surface area contributed by atoms with E-state index in [4.69, 9.17) is 4.74 Å². The summed E-state index contributed by atoms with van der Waals surface area (Å²) in [6.07, 6.45) is 6.25. The Balaban J connectivity index is 0.00000169. The van der Waals surface area contributed by atoms with E-state index in [1.807, 2.05) is 24.3 Å². The molecule has 2 heterocycles. The second-order valence-electron chi connectivity index (χ2n) is 6.53. The van der Waals surface area contributed by atoms with Crippen molar-refractivity contribution < 1.29 is 9.84 Å². The Labute approximate surface area is 167 Å². The first kappa shape index (κ1) is 22.7. The van der Waals surface area contributed by atoms with Gasteiger partial charge in [0.1, 0.15) is 5.75 Å². The fraction of sp³-hybridized carbons (Fsp3) is 0.450. The number of fused-ring (bicyclic) bond motifs is 1. The SMILES string of the molecule is C=C[C@@H]1CNCCC1CC[C@H](O)c1ccnc2ccc(OC)cc12.Cl.Cl. The predicted molar refractivity (Wildman–Crippen MR) is 112 cm³/mol. The van der Waals surface area contributed by atoms with E-state index in [-0.39, 0.29) is 24.8 Å². The molecule has 0 amide bonds. The number of aliphatic hydroxyl groups is 1. The van der Waals surface area contributed by atoms with Gasteiger partial charge < -0.3 is 15.2 Å². The van der Waals surface area contributed by atoms with Gasteiger partial charge in [-0.15, -0.1) is 31.4 Å². The number of benzene rings is 1. The number of rotatable bonds is 6. The first-order chi connectivity index (χ1) is 11.7. The highest BCUT2D eigenvalue weighted by atomic mass is 35.5. The number of hydrogen-bond donors (Lipinski definition) is 2. The van der Waals surface area contributed by atoms with Gasteiger partial charge in [-0.1, -0.05) is 6.08 Å². The fourth-order valence-corrected chi connectivity index (χ4v) is 3.66. The molecule has 6 heteroatoms. The number of hydrogen-bond acceptors (Lipinski definition) is 4. The highest BCUT2D eigenvalue weighted by Gasteiger charge is 2.23. The number of ether oxygens (including phenoxy) is 1. The first-order valence-corrected chi connectivity index (χ1v) is 8.67. The van der Waals surface area contributed by atoms with Crippen LogP contribution in [0.5, 0.6) is 5.75 Å². The molecule has 26 heavy (non-hydrogen) atoms. The van der Waals surface area contributed by atoms with Crippen molar-refractivity contribution in [2.24, 2.45) is 11.8 Å². The molecular formula is C20H28Cl2N2O2. The Morgan fingerprint density at radius 2 is 2.19 bits per heavy atom. The van der Waals surface area contributed by atoms with Crippen molar-refractivity contribution >= 4 is 35.7 Å². The molecule has 1 unspecified atom stereocenters. The lowest BCUT2D eigenvalue weighted by Gasteiger charge is -2.30. The number of pyridine rings is 1. The molecule has 3 atom stereocenters. The average molecular weight is 399 g/mol. The summed E-state index contributed by atoms with van der Waals surface area (Å²) in [6.45, 7) is 6.01. The Morgan fingerprint density at radius 1 is 1.38 bits per heavy atom. The van der Waals surface area contributed by atoms with Gasteiger partial charge in [0.15, 0.2) is 0 Å². The smallest absolute Gasteiger partial charge is 0.119 e. The normalized spacial score (nSPS) is 20.5. The van der Waals surface area contributed by atoms with Crippen LogP contribution in [0.25, 0.3) is 10.9 Å². The van der Waals surface area contributed by atoms with Gasteiger partial charge in [-0.05, 0) is 67.5 Å². The second-order valence-corrected chi connectivity index (χ2v) is 6.53. The zero-order valence-electron chi connectivity index (χ0n) is 15.1. The largest absolute Gasteiger partial charge is 0.497 e. The molecule has 0 bridgehead atoms. The van der Waals surface area contributed by atoms with E-state index in [9.17, 15) is 5.11 Å². The van der Waals surface area contributed by atoms with Gasteiger partial charge in [0.25, 0.3) is 0 Å². The number of piperidine rings is 1. The summed E-state index contributed by atoms with van der Waals surface area (Å²) in [4.78, 5) is 4.39. The van der Waals surface area contributed by atoms with Crippen LogP contribution >= 0.6 is 24.8 Å². The van der Waals surface area contributed by atoms with Gasteiger partial charge in [-0.3, -0.25) is 4.98 Å². The lowest BCUT2D eigenvalue weighted by Crippen LogP contribution is -2.35. The maximum Gasteiger partial charge on any atom is 0.119 e. The number of nitrogens with zero attached hydrogens (tertiary/aromatic N) is 1. The van der Waals surface area contributed by atoms with Crippen LogP contribution in [0.15, 0.2) is 43.1 Å². The fourth-order valence-electron chi connectivity index (χ4n) is 3.66. The van der Waals surface area contributed by atoms with Gasteiger partial charge in [0.2, 0.25) is 0 Å². The Kier molecular flexibility index (Phi) is 9.37. The van der Waals surface area contributed by atoms with Crippen molar-refractivity contribution in [3.63, 3.8) is 0 Å². The monoisotopic (exact) mass is 398 g/mol. The summed E-state index contributed by atoms with van der Waals surface area (Å²) >= 11 is 0. The standard InChI is InChI=1S/C20H26N2O2.2ClH/c1-3-14-13-21-10-8-15(14)4-7-20(23)17-9-11-22-19-6-5-16(24-2)12-18(17)19;;/h3,5-6,9,11-12,14-15,20-21,23H,1,4,7-8,10,13H2,2H3;2*1H/t14-,15?,20+;;/m1../s1. The van der Waals surface area contributed by atoms with Crippen molar-refractivity contribution in [3.8, 4) is 5.75 Å². The summed E-state index contributed by atoms with van der Waals surface area (Å²) in [5, 5.41) is 15.1. The Bertz CT molecular complexity index is 711. The number of halogens is 2.